The molecule has 1 aromatic heterocycles. The largest absolute Gasteiger partial charge is 0.360 e. The number of rotatable bonds is 2. The quantitative estimate of drug-likeness (QED) is 0.795. The molecular weight excluding hydrogens is 244 g/mol. The lowest BCUT2D eigenvalue weighted by atomic mass is 10.2. The zero-order chi connectivity index (χ0) is 12.4. The van der Waals surface area contributed by atoms with E-state index >= 15 is 0 Å². The average molecular weight is 257 g/mol. The van der Waals surface area contributed by atoms with Gasteiger partial charge in [-0.05, 0) is 19.1 Å². The van der Waals surface area contributed by atoms with E-state index in [-0.39, 0.29) is 6.10 Å². The maximum atomic E-state index is 11.7. The maximum Gasteiger partial charge on any atom is 0.279 e. The number of ether oxygens (including phenoxy) is 1. The first-order chi connectivity index (χ1) is 8.06. The third-order valence-electron chi connectivity index (χ3n) is 2.49. The van der Waals surface area contributed by atoms with Crippen LogP contribution in [-0.4, -0.2) is 39.8 Å². The number of aliphatic hydroxyl groups is 1. The van der Waals surface area contributed by atoms with Gasteiger partial charge >= 0.3 is 0 Å². The number of carbonyl (C=O) groups is 1. The number of morpholine rings is 1. The van der Waals surface area contributed by atoms with Crippen molar-refractivity contribution in [2.24, 2.45) is 0 Å². The summed E-state index contributed by atoms with van der Waals surface area (Å²) in [6, 6.07) is 5.23. The van der Waals surface area contributed by atoms with E-state index in [9.17, 15) is 9.90 Å². The molecule has 0 aliphatic carbocycles. The molecular formula is C11H13ClN2O3. The van der Waals surface area contributed by atoms with Crippen molar-refractivity contribution in [2.45, 2.75) is 25.9 Å². The van der Waals surface area contributed by atoms with E-state index in [0.717, 1.165) is 0 Å². The van der Waals surface area contributed by atoms with Gasteiger partial charge in [0, 0.05) is 6.54 Å². The Morgan fingerprint density at radius 3 is 3.12 bits per heavy atom. The second-order valence-electron chi connectivity index (χ2n) is 3.97. The highest BCUT2D eigenvalue weighted by Crippen LogP contribution is 2.14. The van der Waals surface area contributed by atoms with Crippen molar-refractivity contribution in [3.8, 4) is 0 Å². The zero-order valence-corrected chi connectivity index (χ0v) is 10.1. The molecule has 0 bridgehead atoms. The number of aliphatic hydroxyl groups excluding tert-OH is 1. The van der Waals surface area contributed by atoms with E-state index < -0.39 is 12.2 Å². The van der Waals surface area contributed by atoms with Crippen molar-refractivity contribution in [2.75, 3.05) is 6.54 Å². The summed E-state index contributed by atoms with van der Waals surface area (Å²) in [7, 11) is 0. The van der Waals surface area contributed by atoms with Crippen LogP contribution >= 0.6 is 11.6 Å². The predicted octanol–water partition coefficient (Wildman–Crippen LogP) is 0.801. The van der Waals surface area contributed by atoms with E-state index in [1.165, 1.54) is 4.90 Å². The van der Waals surface area contributed by atoms with Crippen LogP contribution < -0.4 is 0 Å². The lowest BCUT2D eigenvalue weighted by molar-refractivity contribution is -0.198. The average Bonchev–Trinajstić information content (AvgIpc) is 2.25. The first kappa shape index (κ1) is 12.3. The Labute approximate surface area is 104 Å². The molecule has 1 N–H and O–H groups in total. The van der Waals surface area contributed by atoms with Crippen LogP contribution in [0.15, 0.2) is 18.2 Å². The molecule has 2 atom stereocenters. The van der Waals surface area contributed by atoms with Crippen LogP contribution in [-0.2, 0) is 16.1 Å². The van der Waals surface area contributed by atoms with Crippen molar-refractivity contribution >= 4 is 17.5 Å². The Bertz CT molecular complexity index is 427. The summed E-state index contributed by atoms with van der Waals surface area (Å²) in [6.07, 6.45) is -1.57. The van der Waals surface area contributed by atoms with E-state index in [0.29, 0.717) is 23.9 Å². The Balaban J connectivity index is 2.09. The second kappa shape index (κ2) is 5.00. The van der Waals surface area contributed by atoms with E-state index in [1.807, 2.05) is 0 Å². The summed E-state index contributed by atoms with van der Waals surface area (Å²) in [5.41, 5.74) is 0.687. The number of hydrogen-bond donors (Lipinski definition) is 1. The number of carbonyl (C=O) groups excluding carboxylic acids is 1. The number of aromatic nitrogens is 1. The third kappa shape index (κ3) is 2.94. The Hall–Kier alpha value is -1.17. The van der Waals surface area contributed by atoms with Gasteiger partial charge in [0.05, 0.1) is 18.3 Å². The molecule has 0 radical (unpaired) electrons. The SMILES string of the molecule is C[C@H]1CN(Cc2cccc(Cl)n2)C(=O)C(O)O1. The molecule has 2 rings (SSSR count). The minimum absolute atomic E-state index is 0.193. The molecule has 0 spiro atoms. The van der Waals surface area contributed by atoms with Crippen LogP contribution in [0, 0.1) is 0 Å². The van der Waals surface area contributed by atoms with Gasteiger partial charge in [-0.2, -0.15) is 0 Å². The van der Waals surface area contributed by atoms with Gasteiger partial charge in [-0.25, -0.2) is 4.98 Å². The summed E-state index contributed by atoms with van der Waals surface area (Å²) in [5, 5.41) is 9.78. The Kier molecular flexibility index (Phi) is 3.61. The lowest BCUT2D eigenvalue weighted by Crippen LogP contribution is -2.50. The van der Waals surface area contributed by atoms with Gasteiger partial charge in [-0.1, -0.05) is 17.7 Å². The van der Waals surface area contributed by atoms with E-state index in [2.05, 4.69) is 4.98 Å². The molecule has 92 valence electrons. The normalized spacial score (nSPS) is 25.1. The molecule has 0 aromatic carbocycles. The third-order valence-corrected chi connectivity index (χ3v) is 2.70. The Morgan fingerprint density at radius 1 is 1.65 bits per heavy atom. The van der Waals surface area contributed by atoms with Crippen LogP contribution in [0.25, 0.3) is 0 Å². The molecule has 1 unspecified atom stereocenters. The zero-order valence-electron chi connectivity index (χ0n) is 9.34. The molecule has 6 heteroatoms. The van der Waals surface area contributed by atoms with Gasteiger partial charge < -0.3 is 14.7 Å². The maximum absolute atomic E-state index is 11.7. The molecule has 1 aliphatic heterocycles. The highest BCUT2D eigenvalue weighted by atomic mass is 35.5. The van der Waals surface area contributed by atoms with Crippen LogP contribution in [0.2, 0.25) is 5.15 Å². The highest BCUT2D eigenvalue weighted by Gasteiger charge is 2.31. The summed E-state index contributed by atoms with van der Waals surface area (Å²) in [6.45, 7) is 2.56. The van der Waals surface area contributed by atoms with Crippen molar-refractivity contribution in [1.82, 2.24) is 9.88 Å². The summed E-state index contributed by atoms with van der Waals surface area (Å²) >= 11 is 5.77. The van der Waals surface area contributed by atoms with Gasteiger partial charge in [0.1, 0.15) is 5.15 Å². The second-order valence-corrected chi connectivity index (χ2v) is 4.36. The number of pyridine rings is 1. The molecule has 1 aromatic rings. The number of nitrogens with zero attached hydrogens (tertiary/aromatic N) is 2. The first-order valence-corrected chi connectivity index (χ1v) is 5.68. The molecule has 2 heterocycles. The summed E-state index contributed by atoms with van der Waals surface area (Å²) in [4.78, 5) is 17.3. The molecule has 0 saturated carbocycles. The first-order valence-electron chi connectivity index (χ1n) is 5.30. The van der Waals surface area contributed by atoms with Crippen molar-refractivity contribution in [3.05, 3.63) is 29.0 Å². The van der Waals surface area contributed by atoms with Gasteiger partial charge in [-0.3, -0.25) is 4.79 Å². The molecule has 1 amide bonds. The van der Waals surface area contributed by atoms with Gasteiger partial charge in [0.15, 0.2) is 0 Å². The van der Waals surface area contributed by atoms with Crippen LogP contribution in [0.4, 0.5) is 0 Å². The van der Waals surface area contributed by atoms with E-state index in [1.54, 1.807) is 25.1 Å². The molecule has 17 heavy (non-hydrogen) atoms. The number of amides is 1. The van der Waals surface area contributed by atoms with Crippen LogP contribution in [0.5, 0.6) is 0 Å². The van der Waals surface area contributed by atoms with Crippen molar-refractivity contribution < 1.29 is 14.6 Å². The fraction of sp³-hybridized carbons (Fsp3) is 0.455. The minimum Gasteiger partial charge on any atom is -0.360 e. The summed E-state index contributed by atoms with van der Waals surface area (Å²) < 4.78 is 5.01. The summed E-state index contributed by atoms with van der Waals surface area (Å²) in [5.74, 6) is -0.440. The van der Waals surface area contributed by atoms with Crippen LogP contribution in [0.3, 0.4) is 0 Å². The number of halogens is 1. The predicted molar refractivity (Wildman–Crippen MR) is 61.2 cm³/mol. The fourth-order valence-electron chi connectivity index (χ4n) is 1.75. The molecule has 5 nitrogen and oxygen atoms in total. The Morgan fingerprint density at radius 2 is 2.41 bits per heavy atom. The van der Waals surface area contributed by atoms with Gasteiger partial charge in [0.2, 0.25) is 6.29 Å². The number of hydrogen-bond acceptors (Lipinski definition) is 4. The van der Waals surface area contributed by atoms with Crippen LogP contribution in [0.1, 0.15) is 12.6 Å². The monoisotopic (exact) mass is 256 g/mol. The topological polar surface area (TPSA) is 62.7 Å². The molecule has 1 aliphatic rings. The molecule has 1 fully saturated rings. The van der Waals surface area contributed by atoms with Gasteiger partial charge in [0.25, 0.3) is 5.91 Å². The van der Waals surface area contributed by atoms with E-state index in [4.69, 9.17) is 16.3 Å². The van der Waals surface area contributed by atoms with Gasteiger partial charge in [-0.15, -0.1) is 0 Å². The molecule has 1 saturated heterocycles. The van der Waals surface area contributed by atoms with Crippen molar-refractivity contribution in [3.63, 3.8) is 0 Å². The fourth-order valence-corrected chi connectivity index (χ4v) is 1.94. The minimum atomic E-state index is -1.38. The lowest BCUT2D eigenvalue weighted by Gasteiger charge is -2.33. The smallest absolute Gasteiger partial charge is 0.279 e. The standard InChI is InChI=1S/C11H13ClN2O3/c1-7-5-14(10(15)11(16)17-7)6-8-3-2-4-9(12)13-8/h2-4,7,11,16H,5-6H2,1H3/t7-,11?/m0/s1. The van der Waals surface area contributed by atoms with Crippen molar-refractivity contribution in [1.29, 1.82) is 0 Å². The highest BCUT2D eigenvalue weighted by molar-refractivity contribution is 6.29.